The van der Waals surface area contributed by atoms with E-state index in [0.717, 1.165) is 18.3 Å². The fourth-order valence-corrected chi connectivity index (χ4v) is 2.35. The number of nitrogens with zero attached hydrogens (tertiary/aromatic N) is 2. The topological polar surface area (TPSA) is 61.2 Å². The predicted molar refractivity (Wildman–Crippen MR) is 83.1 cm³/mol. The second kappa shape index (κ2) is 6.39. The van der Waals surface area contributed by atoms with Crippen LogP contribution in [0.2, 0.25) is 0 Å². The van der Waals surface area contributed by atoms with Crippen molar-refractivity contribution in [2.75, 3.05) is 0 Å². The molecule has 0 unspecified atom stereocenters. The fourth-order valence-electron chi connectivity index (χ4n) is 2.35. The number of para-hydroxylation sites is 2. The molecule has 0 aliphatic carbocycles. The standard InChI is InChI=1S/C17H11F3N2O3/c18-17(19,20)12-6-2-4-8-15(12)25-16(24)10-22-13-7-3-1-5-11(13)14(23)9-21-22/h1-9H,10H2. The van der Waals surface area contributed by atoms with Gasteiger partial charge < -0.3 is 4.74 Å². The van der Waals surface area contributed by atoms with E-state index < -0.39 is 30.0 Å². The van der Waals surface area contributed by atoms with Crippen molar-refractivity contribution in [1.29, 1.82) is 0 Å². The highest BCUT2D eigenvalue weighted by Crippen LogP contribution is 2.35. The van der Waals surface area contributed by atoms with Crippen molar-refractivity contribution in [2.24, 2.45) is 0 Å². The van der Waals surface area contributed by atoms with Crippen LogP contribution < -0.4 is 10.2 Å². The van der Waals surface area contributed by atoms with E-state index >= 15 is 0 Å². The van der Waals surface area contributed by atoms with Gasteiger partial charge in [-0.25, -0.2) is 4.79 Å². The van der Waals surface area contributed by atoms with Crippen molar-refractivity contribution in [3.05, 3.63) is 70.5 Å². The Labute approximate surface area is 139 Å². The predicted octanol–water partition coefficient (Wildman–Crippen LogP) is 3.02. The van der Waals surface area contributed by atoms with Crippen LogP contribution in [0, 0.1) is 0 Å². The van der Waals surface area contributed by atoms with Crippen molar-refractivity contribution in [2.45, 2.75) is 12.7 Å². The first-order valence-corrected chi connectivity index (χ1v) is 7.18. The number of rotatable bonds is 3. The molecule has 0 spiro atoms. The summed E-state index contributed by atoms with van der Waals surface area (Å²) < 4.78 is 44.9. The molecule has 0 aliphatic heterocycles. The van der Waals surface area contributed by atoms with E-state index in [4.69, 9.17) is 4.74 Å². The molecule has 0 saturated carbocycles. The number of alkyl halides is 3. The van der Waals surface area contributed by atoms with Crippen molar-refractivity contribution in [3.8, 4) is 5.75 Å². The lowest BCUT2D eigenvalue weighted by atomic mass is 10.2. The Morgan fingerprint density at radius 2 is 1.76 bits per heavy atom. The Morgan fingerprint density at radius 3 is 2.52 bits per heavy atom. The first-order chi connectivity index (χ1) is 11.9. The first-order valence-electron chi connectivity index (χ1n) is 7.18. The summed E-state index contributed by atoms with van der Waals surface area (Å²) in [5.41, 5.74) is -0.972. The number of benzene rings is 2. The average Bonchev–Trinajstić information content (AvgIpc) is 2.57. The molecule has 0 atom stereocenters. The fraction of sp³-hybridized carbons (Fsp3) is 0.118. The summed E-state index contributed by atoms with van der Waals surface area (Å²) in [6, 6.07) is 10.9. The zero-order valence-corrected chi connectivity index (χ0v) is 12.7. The minimum atomic E-state index is -4.64. The summed E-state index contributed by atoms with van der Waals surface area (Å²) in [7, 11) is 0. The molecule has 0 aliphatic rings. The summed E-state index contributed by atoms with van der Waals surface area (Å²) in [6.07, 6.45) is -3.60. The lowest BCUT2D eigenvalue weighted by Crippen LogP contribution is -2.22. The summed E-state index contributed by atoms with van der Waals surface area (Å²) >= 11 is 0. The van der Waals surface area contributed by atoms with E-state index in [1.54, 1.807) is 24.3 Å². The SMILES string of the molecule is O=C(Cn1ncc(=O)c2ccccc21)Oc1ccccc1C(F)(F)F. The number of carbonyl (C=O) groups excluding carboxylic acids is 1. The Balaban J connectivity index is 1.88. The van der Waals surface area contributed by atoms with Crippen LogP contribution in [0.1, 0.15) is 5.56 Å². The number of hydrogen-bond acceptors (Lipinski definition) is 4. The average molecular weight is 348 g/mol. The maximum absolute atomic E-state index is 12.9. The van der Waals surface area contributed by atoms with E-state index in [1.807, 2.05) is 0 Å². The van der Waals surface area contributed by atoms with Gasteiger partial charge in [-0.3, -0.25) is 9.48 Å². The van der Waals surface area contributed by atoms with Crippen molar-refractivity contribution >= 4 is 16.9 Å². The van der Waals surface area contributed by atoms with Crippen molar-refractivity contribution in [1.82, 2.24) is 9.78 Å². The lowest BCUT2D eigenvalue weighted by molar-refractivity contribution is -0.142. The Hall–Kier alpha value is -3.16. The molecule has 25 heavy (non-hydrogen) atoms. The van der Waals surface area contributed by atoms with Crippen LogP contribution in [0.25, 0.3) is 10.9 Å². The third-order valence-electron chi connectivity index (χ3n) is 3.46. The number of esters is 1. The summed E-state index contributed by atoms with van der Waals surface area (Å²) in [5, 5.41) is 4.19. The normalized spacial score (nSPS) is 11.5. The molecule has 0 amide bonds. The third kappa shape index (κ3) is 3.52. The number of ether oxygens (including phenoxy) is 1. The molecule has 128 valence electrons. The van der Waals surface area contributed by atoms with Gasteiger partial charge in [-0.15, -0.1) is 0 Å². The van der Waals surface area contributed by atoms with E-state index in [1.165, 1.54) is 16.8 Å². The first kappa shape index (κ1) is 16.7. The Morgan fingerprint density at radius 1 is 1.08 bits per heavy atom. The van der Waals surface area contributed by atoms with Gasteiger partial charge in [0.25, 0.3) is 0 Å². The molecular formula is C17H11F3N2O3. The zero-order chi connectivity index (χ0) is 18.0. The lowest BCUT2D eigenvalue weighted by Gasteiger charge is -2.13. The molecule has 2 aromatic carbocycles. The number of carbonyl (C=O) groups is 1. The van der Waals surface area contributed by atoms with Crippen molar-refractivity contribution in [3.63, 3.8) is 0 Å². The quantitative estimate of drug-likeness (QED) is 0.539. The maximum Gasteiger partial charge on any atom is 0.419 e. The molecule has 8 heteroatoms. The number of fused-ring (bicyclic) bond motifs is 1. The number of halogens is 3. The van der Waals surface area contributed by atoms with Gasteiger partial charge in [0.05, 0.1) is 17.3 Å². The molecule has 1 heterocycles. The van der Waals surface area contributed by atoms with Crippen LogP contribution in [-0.2, 0) is 17.5 Å². The molecule has 3 rings (SSSR count). The maximum atomic E-state index is 12.9. The highest BCUT2D eigenvalue weighted by molar-refractivity contribution is 5.80. The number of hydrogen-bond donors (Lipinski definition) is 0. The van der Waals surface area contributed by atoms with Crippen LogP contribution in [0.15, 0.2) is 59.5 Å². The van der Waals surface area contributed by atoms with Crippen LogP contribution in [-0.4, -0.2) is 15.7 Å². The molecule has 0 fully saturated rings. The van der Waals surface area contributed by atoms with Gasteiger partial charge >= 0.3 is 12.1 Å². The third-order valence-corrected chi connectivity index (χ3v) is 3.46. The second-order valence-corrected chi connectivity index (χ2v) is 5.15. The van der Waals surface area contributed by atoms with Crippen LogP contribution in [0.3, 0.4) is 0 Å². The monoisotopic (exact) mass is 348 g/mol. The smallest absolute Gasteiger partial charge is 0.419 e. The van der Waals surface area contributed by atoms with Crippen LogP contribution in [0.5, 0.6) is 5.75 Å². The van der Waals surface area contributed by atoms with Gasteiger partial charge in [-0.05, 0) is 24.3 Å². The van der Waals surface area contributed by atoms with Gasteiger partial charge in [0, 0.05) is 5.39 Å². The summed E-state index contributed by atoms with van der Waals surface area (Å²) in [4.78, 5) is 23.8. The minimum Gasteiger partial charge on any atom is -0.425 e. The molecule has 0 N–H and O–H groups in total. The second-order valence-electron chi connectivity index (χ2n) is 5.15. The van der Waals surface area contributed by atoms with E-state index in [2.05, 4.69) is 5.10 Å². The van der Waals surface area contributed by atoms with Crippen LogP contribution >= 0.6 is 0 Å². The number of aromatic nitrogens is 2. The summed E-state index contributed by atoms with van der Waals surface area (Å²) in [6.45, 7) is -0.438. The Bertz CT molecular complexity index is 996. The highest BCUT2D eigenvalue weighted by Gasteiger charge is 2.34. The molecule has 1 aromatic heterocycles. The minimum absolute atomic E-state index is 0.317. The van der Waals surface area contributed by atoms with E-state index in [9.17, 15) is 22.8 Å². The van der Waals surface area contributed by atoms with Crippen LogP contribution in [0.4, 0.5) is 13.2 Å². The van der Waals surface area contributed by atoms with Gasteiger partial charge in [-0.1, -0.05) is 24.3 Å². The van der Waals surface area contributed by atoms with Gasteiger partial charge in [0.15, 0.2) is 0 Å². The van der Waals surface area contributed by atoms with E-state index in [0.29, 0.717) is 10.9 Å². The largest absolute Gasteiger partial charge is 0.425 e. The Kier molecular flexibility index (Phi) is 4.26. The molecule has 0 bridgehead atoms. The highest BCUT2D eigenvalue weighted by atomic mass is 19.4. The molecule has 3 aromatic rings. The summed E-state index contributed by atoms with van der Waals surface area (Å²) in [5.74, 6) is -1.51. The van der Waals surface area contributed by atoms with Gasteiger partial charge in [0.2, 0.25) is 5.43 Å². The molecule has 5 nitrogen and oxygen atoms in total. The van der Waals surface area contributed by atoms with E-state index in [-0.39, 0.29) is 5.43 Å². The molecule has 0 radical (unpaired) electrons. The van der Waals surface area contributed by atoms with Gasteiger partial charge in [0.1, 0.15) is 12.3 Å². The van der Waals surface area contributed by atoms with Crippen molar-refractivity contribution < 1.29 is 22.7 Å². The molecule has 0 saturated heterocycles. The van der Waals surface area contributed by atoms with Gasteiger partial charge in [-0.2, -0.15) is 18.3 Å². The molecular weight excluding hydrogens is 337 g/mol. The zero-order valence-electron chi connectivity index (χ0n) is 12.7.